The summed E-state index contributed by atoms with van der Waals surface area (Å²) in [6.45, 7) is 15.9. The van der Waals surface area contributed by atoms with Gasteiger partial charge >= 0.3 is 109 Å². The van der Waals surface area contributed by atoms with Gasteiger partial charge in [0.1, 0.15) is 0 Å². The topological polar surface area (TPSA) is 0 Å². The average molecular weight is 283 g/mol. The predicted molar refractivity (Wildman–Crippen MR) is 75.4 cm³/mol. The van der Waals surface area contributed by atoms with Gasteiger partial charge < -0.3 is 0 Å². The van der Waals surface area contributed by atoms with Crippen molar-refractivity contribution in [2.24, 2.45) is 0 Å². The minimum absolute atomic E-state index is 0.216. The molecule has 0 unspecified atom stereocenters. The molecule has 1 aromatic carbocycles. The summed E-state index contributed by atoms with van der Waals surface area (Å²) in [5.41, 5.74) is 4.77. The Bertz CT molecular complexity index is 389. The van der Waals surface area contributed by atoms with Gasteiger partial charge in [0, 0.05) is 0 Å². The Balaban J connectivity index is 3.52. The minimum atomic E-state index is 0.216. The van der Waals surface area contributed by atoms with Crippen LogP contribution in [0.1, 0.15) is 58.2 Å². The molecule has 90 valence electrons. The molecule has 0 spiro atoms. The summed E-state index contributed by atoms with van der Waals surface area (Å²) < 4.78 is 1.41. The second-order valence-electron chi connectivity index (χ2n) is 6.65. The molecule has 0 aliphatic rings. The number of benzene rings is 1. The molecule has 0 aliphatic carbocycles. The van der Waals surface area contributed by atoms with Crippen molar-refractivity contribution in [3.63, 3.8) is 0 Å². The van der Waals surface area contributed by atoms with Crippen molar-refractivity contribution in [1.29, 1.82) is 0 Å². The van der Waals surface area contributed by atoms with Gasteiger partial charge in [-0.3, -0.25) is 0 Å². The molecular formula is C15H24Se. The first-order valence-electron chi connectivity index (χ1n) is 5.88. The molecule has 0 atom stereocenters. The van der Waals surface area contributed by atoms with Crippen molar-refractivity contribution in [3.8, 4) is 0 Å². The first-order valence-corrected chi connectivity index (χ1v) is 6.82. The van der Waals surface area contributed by atoms with Crippen LogP contribution in [0.5, 0.6) is 0 Å². The maximum atomic E-state index is 2.78. The van der Waals surface area contributed by atoms with Crippen LogP contribution < -0.4 is 4.46 Å². The fourth-order valence-electron chi connectivity index (χ4n) is 2.24. The molecule has 0 nitrogen and oxygen atoms in total. The molecule has 0 aromatic heterocycles. The van der Waals surface area contributed by atoms with E-state index in [9.17, 15) is 0 Å². The molecule has 0 amide bonds. The summed E-state index contributed by atoms with van der Waals surface area (Å²) >= 11 is 2.78. The number of rotatable bonds is 0. The zero-order chi connectivity index (χ0) is 12.7. The summed E-state index contributed by atoms with van der Waals surface area (Å²) in [7, 11) is 0. The van der Waals surface area contributed by atoms with Crippen LogP contribution in [0.3, 0.4) is 0 Å². The van der Waals surface area contributed by atoms with Crippen LogP contribution in [0, 0.1) is 6.92 Å². The Morgan fingerprint density at radius 2 is 1.38 bits per heavy atom. The normalized spacial score (nSPS) is 13.0. The van der Waals surface area contributed by atoms with Crippen LogP contribution in [-0.2, 0) is 10.8 Å². The van der Waals surface area contributed by atoms with E-state index in [0.29, 0.717) is 0 Å². The zero-order valence-corrected chi connectivity index (χ0v) is 13.5. The molecule has 1 rings (SSSR count). The van der Waals surface area contributed by atoms with Gasteiger partial charge in [0.15, 0.2) is 0 Å². The van der Waals surface area contributed by atoms with E-state index in [2.05, 4.69) is 76.6 Å². The molecule has 0 heterocycles. The van der Waals surface area contributed by atoms with Crippen molar-refractivity contribution in [1.82, 2.24) is 0 Å². The van der Waals surface area contributed by atoms with Gasteiger partial charge in [-0.25, -0.2) is 0 Å². The Labute approximate surface area is 109 Å². The van der Waals surface area contributed by atoms with Crippen molar-refractivity contribution in [2.45, 2.75) is 59.3 Å². The van der Waals surface area contributed by atoms with Gasteiger partial charge in [-0.15, -0.1) is 0 Å². The van der Waals surface area contributed by atoms with E-state index in [-0.39, 0.29) is 10.8 Å². The molecule has 0 bridgehead atoms. The Morgan fingerprint density at radius 3 is 1.75 bits per heavy atom. The Morgan fingerprint density at radius 1 is 0.875 bits per heavy atom. The molecule has 16 heavy (non-hydrogen) atoms. The molecule has 1 heteroatoms. The van der Waals surface area contributed by atoms with Gasteiger partial charge in [0.05, 0.1) is 0 Å². The van der Waals surface area contributed by atoms with Crippen LogP contribution in [0.4, 0.5) is 0 Å². The van der Waals surface area contributed by atoms with Crippen LogP contribution >= 0.6 is 0 Å². The second kappa shape index (κ2) is 4.20. The van der Waals surface area contributed by atoms with E-state index < -0.39 is 0 Å². The third kappa shape index (κ3) is 2.70. The second-order valence-corrected chi connectivity index (χ2v) is 7.59. The quantitative estimate of drug-likeness (QED) is 0.642. The standard InChI is InChI=1S/C15H24Se/c1-10-8-9-11(14(2,3)4)13(16)12(10)15(5,6)7/h8-9,16H,1-7H3. The van der Waals surface area contributed by atoms with Gasteiger partial charge in [0.25, 0.3) is 0 Å². The zero-order valence-electron chi connectivity index (χ0n) is 11.6. The van der Waals surface area contributed by atoms with Crippen molar-refractivity contribution < 1.29 is 0 Å². The van der Waals surface area contributed by atoms with Gasteiger partial charge in [0.2, 0.25) is 0 Å². The SMILES string of the molecule is Cc1ccc(C(C)(C)C)c([SeH])c1C(C)(C)C. The molecule has 0 saturated heterocycles. The fourth-order valence-corrected chi connectivity index (χ4v) is 4.18. The number of aryl methyl sites for hydroxylation is 1. The van der Waals surface area contributed by atoms with E-state index in [1.54, 1.807) is 0 Å². The summed E-state index contributed by atoms with van der Waals surface area (Å²) in [4.78, 5) is 0. The first kappa shape index (κ1) is 13.8. The fraction of sp³-hybridized carbons (Fsp3) is 0.600. The molecule has 0 aliphatic heterocycles. The molecule has 0 N–H and O–H groups in total. The average Bonchev–Trinajstić information content (AvgIpc) is 1.97. The van der Waals surface area contributed by atoms with E-state index in [4.69, 9.17) is 0 Å². The Hall–Kier alpha value is -0.261. The van der Waals surface area contributed by atoms with Gasteiger partial charge in [-0.1, -0.05) is 0 Å². The van der Waals surface area contributed by atoms with Crippen LogP contribution in [-0.4, -0.2) is 16.0 Å². The third-order valence-electron chi connectivity index (χ3n) is 2.94. The van der Waals surface area contributed by atoms with Crippen LogP contribution in [0.2, 0.25) is 0 Å². The van der Waals surface area contributed by atoms with E-state index >= 15 is 0 Å². The van der Waals surface area contributed by atoms with Gasteiger partial charge in [-0.2, -0.15) is 0 Å². The first-order chi connectivity index (χ1) is 7.05. The molecule has 0 fully saturated rings. The third-order valence-corrected chi connectivity index (χ3v) is 3.92. The molecule has 1 aromatic rings. The molecule has 0 radical (unpaired) electrons. The van der Waals surface area contributed by atoms with E-state index in [1.807, 2.05) is 0 Å². The summed E-state index contributed by atoms with van der Waals surface area (Å²) in [6, 6.07) is 4.54. The number of hydrogen-bond acceptors (Lipinski definition) is 0. The van der Waals surface area contributed by atoms with Gasteiger partial charge in [-0.05, 0) is 0 Å². The van der Waals surface area contributed by atoms with Crippen molar-refractivity contribution >= 4 is 20.5 Å². The van der Waals surface area contributed by atoms with E-state index in [1.165, 1.54) is 21.2 Å². The summed E-state index contributed by atoms with van der Waals surface area (Å²) in [5, 5.41) is 0. The van der Waals surface area contributed by atoms with Crippen LogP contribution in [0.25, 0.3) is 0 Å². The number of hydrogen-bond donors (Lipinski definition) is 0. The maximum absolute atomic E-state index is 2.78. The van der Waals surface area contributed by atoms with Crippen molar-refractivity contribution in [2.75, 3.05) is 0 Å². The predicted octanol–water partition coefficient (Wildman–Crippen LogP) is 3.12. The molecular weight excluding hydrogens is 259 g/mol. The summed E-state index contributed by atoms with van der Waals surface area (Å²) in [6.07, 6.45) is 0. The van der Waals surface area contributed by atoms with E-state index in [0.717, 1.165) is 0 Å². The van der Waals surface area contributed by atoms with Crippen molar-refractivity contribution in [3.05, 3.63) is 28.8 Å². The monoisotopic (exact) mass is 284 g/mol. The molecule has 0 saturated carbocycles. The Kier molecular flexibility index (Phi) is 3.62. The summed E-state index contributed by atoms with van der Waals surface area (Å²) in [5.74, 6) is 0. The van der Waals surface area contributed by atoms with Crippen LogP contribution in [0.15, 0.2) is 12.1 Å².